The molecule has 0 aliphatic carbocycles. The van der Waals surface area contributed by atoms with Gasteiger partial charge in [0.15, 0.2) is 0 Å². The zero-order valence-electron chi connectivity index (χ0n) is 14.7. The molecule has 1 aliphatic heterocycles. The van der Waals surface area contributed by atoms with Gasteiger partial charge in [0.25, 0.3) is 0 Å². The van der Waals surface area contributed by atoms with E-state index in [4.69, 9.17) is 0 Å². The molecule has 0 atom stereocenters. The Morgan fingerprint density at radius 2 is 1.76 bits per heavy atom. The molecule has 0 amide bonds. The maximum Gasteiger partial charge on any atom is 0.123 e. The van der Waals surface area contributed by atoms with Crippen LogP contribution in [0.5, 0.6) is 0 Å². The summed E-state index contributed by atoms with van der Waals surface area (Å²) in [7, 11) is 0. The minimum atomic E-state index is -0.162. The van der Waals surface area contributed by atoms with E-state index in [0.29, 0.717) is 5.92 Å². The molecule has 0 unspecified atom stereocenters. The number of fused-ring (bicyclic) bond motifs is 1. The Balaban J connectivity index is 1.37. The molecule has 130 valence electrons. The standard InChI is InChI=1S/C21H24FN3/c1-16-23-20-4-2-3-5-21(20)25(16)15-18-10-12-24(13-11-18)14-17-6-8-19(22)9-7-17/h2-9,18H,10-15H2,1H3. The van der Waals surface area contributed by atoms with Crippen LogP contribution in [0.4, 0.5) is 4.39 Å². The summed E-state index contributed by atoms with van der Waals surface area (Å²) in [5, 5.41) is 0. The summed E-state index contributed by atoms with van der Waals surface area (Å²) in [6, 6.07) is 15.3. The third-order valence-electron chi connectivity index (χ3n) is 5.31. The van der Waals surface area contributed by atoms with Gasteiger partial charge in [-0.1, -0.05) is 24.3 Å². The maximum absolute atomic E-state index is 13.0. The summed E-state index contributed by atoms with van der Waals surface area (Å²) in [4.78, 5) is 7.15. The number of imidazole rings is 1. The fourth-order valence-electron chi connectivity index (χ4n) is 3.86. The molecule has 1 aromatic heterocycles. The molecule has 2 aromatic carbocycles. The van der Waals surface area contributed by atoms with Gasteiger partial charge >= 0.3 is 0 Å². The van der Waals surface area contributed by atoms with Gasteiger partial charge in [0, 0.05) is 13.1 Å². The van der Waals surface area contributed by atoms with E-state index in [2.05, 4.69) is 39.6 Å². The molecule has 1 aliphatic rings. The highest BCUT2D eigenvalue weighted by Gasteiger charge is 2.21. The van der Waals surface area contributed by atoms with Crippen LogP contribution in [-0.2, 0) is 13.1 Å². The van der Waals surface area contributed by atoms with Gasteiger partial charge in [-0.25, -0.2) is 9.37 Å². The van der Waals surface area contributed by atoms with E-state index in [1.165, 1.54) is 23.9 Å². The number of rotatable bonds is 4. The molecule has 0 radical (unpaired) electrons. The van der Waals surface area contributed by atoms with Gasteiger partial charge in [0.1, 0.15) is 11.6 Å². The van der Waals surface area contributed by atoms with Crippen molar-refractivity contribution in [2.24, 2.45) is 5.92 Å². The van der Waals surface area contributed by atoms with Gasteiger partial charge in [-0.2, -0.15) is 0 Å². The fourth-order valence-corrected chi connectivity index (χ4v) is 3.86. The van der Waals surface area contributed by atoms with Crippen LogP contribution in [0, 0.1) is 18.7 Å². The smallest absolute Gasteiger partial charge is 0.123 e. The Hall–Kier alpha value is -2.20. The van der Waals surface area contributed by atoms with E-state index < -0.39 is 0 Å². The highest BCUT2D eigenvalue weighted by molar-refractivity contribution is 5.75. The third kappa shape index (κ3) is 3.59. The first-order valence-electron chi connectivity index (χ1n) is 9.08. The first kappa shape index (κ1) is 16.3. The first-order chi connectivity index (χ1) is 12.2. The SMILES string of the molecule is Cc1nc2ccccc2n1CC1CCN(Cc2ccc(F)cc2)CC1. The van der Waals surface area contributed by atoms with Crippen molar-refractivity contribution < 1.29 is 4.39 Å². The molecular weight excluding hydrogens is 313 g/mol. The molecule has 4 heteroatoms. The van der Waals surface area contributed by atoms with Gasteiger partial charge < -0.3 is 4.57 Å². The van der Waals surface area contributed by atoms with Crippen LogP contribution in [0.25, 0.3) is 11.0 Å². The van der Waals surface area contributed by atoms with Crippen molar-refractivity contribution in [3.63, 3.8) is 0 Å². The van der Waals surface area contributed by atoms with E-state index >= 15 is 0 Å². The highest BCUT2D eigenvalue weighted by atomic mass is 19.1. The second-order valence-corrected chi connectivity index (χ2v) is 7.10. The number of hydrogen-bond donors (Lipinski definition) is 0. The number of piperidine rings is 1. The Bertz CT molecular complexity index is 845. The molecule has 3 nitrogen and oxygen atoms in total. The maximum atomic E-state index is 13.0. The molecule has 0 N–H and O–H groups in total. The summed E-state index contributed by atoms with van der Waals surface area (Å²) >= 11 is 0. The van der Waals surface area contributed by atoms with Crippen LogP contribution >= 0.6 is 0 Å². The van der Waals surface area contributed by atoms with E-state index in [9.17, 15) is 4.39 Å². The molecule has 1 fully saturated rings. The van der Waals surface area contributed by atoms with E-state index in [0.717, 1.165) is 37.5 Å². The normalized spacial score (nSPS) is 16.6. The minimum absolute atomic E-state index is 0.162. The lowest BCUT2D eigenvalue weighted by atomic mass is 9.96. The number of likely N-dealkylation sites (tertiary alicyclic amines) is 1. The zero-order chi connectivity index (χ0) is 17.2. The largest absolute Gasteiger partial charge is 0.328 e. The lowest BCUT2D eigenvalue weighted by Crippen LogP contribution is -2.34. The highest BCUT2D eigenvalue weighted by Crippen LogP contribution is 2.24. The molecule has 1 saturated heterocycles. The molecule has 0 saturated carbocycles. The summed E-state index contributed by atoms with van der Waals surface area (Å²) in [6.45, 7) is 6.28. The predicted molar refractivity (Wildman–Crippen MR) is 98.9 cm³/mol. The number of aromatic nitrogens is 2. The molecule has 0 bridgehead atoms. The molecule has 2 heterocycles. The van der Waals surface area contributed by atoms with Gasteiger partial charge in [-0.05, 0) is 68.6 Å². The predicted octanol–water partition coefficient (Wildman–Crippen LogP) is 4.40. The van der Waals surface area contributed by atoms with E-state index in [1.807, 2.05) is 18.2 Å². The Morgan fingerprint density at radius 3 is 2.52 bits per heavy atom. The number of para-hydroxylation sites is 2. The lowest BCUT2D eigenvalue weighted by Gasteiger charge is -2.32. The number of hydrogen-bond acceptors (Lipinski definition) is 2. The van der Waals surface area contributed by atoms with Crippen LogP contribution < -0.4 is 0 Å². The van der Waals surface area contributed by atoms with Crippen molar-refractivity contribution in [3.8, 4) is 0 Å². The summed E-state index contributed by atoms with van der Waals surface area (Å²) in [6.07, 6.45) is 2.40. The minimum Gasteiger partial charge on any atom is -0.328 e. The van der Waals surface area contributed by atoms with Crippen molar-refractivity contribution >= 4 is 11.0 Å². The van der Waals surface area contributed by atoms with Crippen molar-refractivity contribution in [1.82, 2.24) is 14.5 Å². The van der Waals surface area contributed by atoms with Crippen LogP contribution in [-0.4, -0.2) is 27.5 Å². The summed E-state index contributed by atoms with van der Waals surface area (Å²) in [5.41, 5.74) is 3.53. The fraction of sp³-hybridized carbons (Fsp3) is 0.381. The molecular formula is C21H24FN3. The molecule has 0 spiro atoms. The van der Waals surface area contributed by atoms with Gasteiger partial charge in [0.05, 0.1) is 11.0 Å². The van der Waals surface area contributed by atoms with Crippen LogP contribution in [0.3, 0.4) is 0 Å². The van der Waals surface area contributed by atoms with Gasteiger partial charge in [-0.15, -0.1) is 0 Å². The summed E-state index contributed by atoms with van der Waals surface area (Å²) < 4.78 is 15.4. The lowest BCUT2D eigenvalue weighted by molar-refractivity contribution is 0.167. The Morgan fingerprint density at radius 1 is 1.04 bits per heavy atom. The van der Waals surface area contributed by atoms with Crippen molar-refractivity contribution in [2.75, 3.05) is 13.1 Å². The molecule has 25 heavy (non-hydrogen) atoms. The van der Waals surface area contributed by atoms with Gasteiger partial charge in [0.2, 0.25) is 0 Å². The quantitative estimate of drug-likeness (QED) is 0.704. The number of nitrogens with zero attached hydrogens (tertiary/aromatic N) is 3. The summed E-state index contributed by atoms with van der Waals surface area (Å²) in [5.74, 6) is 1.64. The first-order valence-corrected chi connectivity index (χ1v) is 9.08. The Labute approximate surface area is 148 Å². The third-order valence-corrected chi connectivity index (χ3v) is 5.31. The number of halogens is 1. The van der Waals surface area contributed by atoms with Crippen molar-refractivity contribution in [2.45, 2.75) is 32.9 Å². The van der Waals surface area contributed by atoms with Crippen molar-refractivity contribution in [1.29, 1.82) is 0 Å². The number of benzene rings is 2. The van der Waals surface area contributed by atoms with Crippen LogP contribution in [0.1, 0.15) is 24.2 Å². The van der Waals surface area contributed by atoms with E-state index in [-0.39, 0.29) is 5.82 Å². The van der Waals surface area contributed by atoms with E-state index in [1.54, 1.807) is 12.1 Å². The topological polar surface area (TPSA) is 21.1 Å². The molecule has 3 aromatic rings. The van der Waals surface area contributed by atoms with Crippen LogP contribution in [0.2, 0.25) is 0 Å². The van der Waals surface area contributed by atoms with Gasteiger partial charge in [-0.3, -0.25) is 4.90 Å². The Kier molecular flexibility index (Phi) is 4.53. The zero-order valence-corrected chi connectivity index (χ0v) is 14.7. The average Bonchev–Trinajstić information content (AvgIpc) is 2.94. The average molecular weight is 337 g/mol. The molecule has 4 rings (SSSR count). The monoisotopic (exact) mass is 337 g/mol. The second kappa shape index (κ2) is 6.96. The number of aryl methyl sites for hydroxylation is 1. The van der Waals surface area contributed by atoms with Crippen molar-refractivity contribution in [3.05, 3.63) is 65.7 Å². The second-order valence-electron chi connectivity index (χ2n) is 7.10. The van der Waals surface area contributed by atoms with Crippen LogP contribution in [0.15, 0.2) is 48.5 Å².